The predicted molar refractivity (Wildman–Crippen MR) is 77.9 cm³/mol. The van der Waals surface area contributed by atoms with E-state index in [1.54, 1.807) is 0 Å². The Labute approximate surface area is 114 Å². The molecule has 4 heteroatoms. The number of rotatable bonds is 4. The number of hydrogen-bond acceptors (Lipinski definition) is 4. The number of anilines is 1. The van der Waals surface area contributed by atoms with Gasteiger partial charge in [-0.15, -0.1) is 0 Å². The van der Waals surface area contributed by atoms with Crippen LogP contribution in [-0.2, 0) is 13.1 Å². The first-order valence-corrected chi connectivity index (χ1v) is 6.39. The summed E-state index contributed by atoms with van der Waals surface area (Å²) in [6.45, 7) is 5.32. The molecule has 0 radical (unpaired) electrons. The van der Waals surface area contributed by atoms with Crippen LogP contribution in [-0.4, -0.2) is 17.0 Å². The van der Waals surface area contributed by atoms with E-state index in [0.29, 0.717) is 6.54 Å². The highest BCUT2D eigenvalue weighted by atomic mass is 15.2. The lowest BCUT2D eigenvalue weighted by atomic mass is 10.1. The minimum absolute atomic E-state index is 0.570. The summed E-state index contributed by atoms with van der Waals surface area (Å²) in [5.41, 5.74) is 9.99. The highest BCUT2D eigenvalue weighted by molar-refractivity contribution is 5.38. The molecule has 0 atom stereocenters. The molecule has 0 saturated heterocycles. The van der Waals surface area contributed by atoms with Crippen molar-refractivity contribution in [1.29, 1.82) is 0 Å². The van der Waals surface area contributed by atoms with Crippen LogP contribution in [0.2, 0.25) is 0 Å². The van der Waals surface area contributed by atoms with Gasteiger partial charge in [0.1, 0.15) is 5.82 Å². The van der Waals surface area contributed by atoms with Crippen molar-refractivity contribution in [3.8, 4) is 0 Å². The highest BCUT2D eigenvalue weighted by Gasteiger charge is 2.06. The van der Waals surface area contributed by atoms with Crippen molar-refractivity contribution in [3.63, 3.8) is 0 Å². The number of nitrogens with zero attached hydrogens (tertiary/aromatic N) is 3. The summed E-state index contributed by atoms with van der Waals surface area (Å²) in [7, 11) is 2.02. The van der Waals surface area contributed by atoms with Gasteiger partial charge in [0, 0.05) is 20.1 Å². The lowest BCUT2D eigenvalue weighted by Crippen LogP contribution is -2.18. The smallest absolute Gasteiger partial charge is 0.147 e. The van der Waals surface area contributed by atoms with E-state index in [-0.39, 0.29) is 0 Å². The summed E-state index contributed by atoms with van der Waals surface area (Å²) < 4.78 is 0. The van der Waals surface area contributed by atoms with E-state index >= 15 is 0 Å². The Bertz CT molecular complexity index is 566. The Kier molecular flexibility index (Phi) is 4.12. The molecule has 2 N–H and O–H groups in total. The van der Waals surface area contributed by atoms with Crippen LogP contribution in [0.25, 0.3) is 0 Å². The van der Waals surface area contributed by atoms with Gasteiger partial charge in [-0.1, -0.05) is 24.3 Å². The summed E-state index contributed by atoms with van der Waals surface area (Å²) in [6.07, 6.45) is 1.81. The molecule has 0 fully saturated rings. The summed E-state index contributed by atoms with van der Waals surface area (Å²) in [5, 5.41) is 0. The number of benzene rings is 1. The van der Waals surface area contributed by atoms with Gasteiger partial charge in [-0.25, -0.2) is 4.98 Å². The molecule has 2 rings (SSSR count). The molecule has 100 valence electrons. The summed E-state index contributed by atoms with van der Waals surface area (Å²) >= 11 is 0. The summed E-state index contributed by atoms with van der Waals surface area (Å²) in [4.78, 5) is 11.0. The largest absolute Gasteiger partial charge is 0.354 e. The van der Waals surface area contributed by atoms with Crippen LogP contribution in [0.4, 0.5) is 5.82 Å². The van der Waals surface area contributed by atoms with Gasteiger partial charge in [0.15, 0.2) is 0 Å². The first-order chi connectivity index (χ1) is 9.10. The normalized spacial score (nSPS) is 10.5. The number of nitrogens with two attached hydrogens (primary N) is 1. The Balaban J connectivity index is 2.15. The van der Waals surface area contributed by atoms with Gasteiger partial charge in [-0.2, -0.15) is 0 Å². The van der Waals surface area contributed by atoms with Crippen molar-refractivity contribution in [1.82, 2.24) is 9.97 Å². The molecule has 0 spiro atoms. The Morgan fingerprint density at radius 1 is 1.16 bits per heavy atom. The fourth-order valence-electron chi connectivity index (χ4n) is 1.92. The zero-order valence-electron chi connectivity index (χ0n) is 11.7. The molecule has 0 bridgehead atoms. The van der Waals surface area contributed by atoms with E-state index in [2.05, 4.69) is 27.0 Å². The van der Waals surface area contributed by atoms with Crippen molar-refractivity contribution in [2.75, 3.05) is 11.9 Å². The third-order valence-electron chi connectivity index (χ3n) is 3.22. The minimum Gasteiger partial charge on any atom is -0.354 e. The lowest BCUT2D eigenvalue weighted by Gasteiger charge is -2.19. The van der Waals surface area contributed by atoms with E-state index < -0.39 is 0 Å². The van der Waals surface area contributed by atoms with E-state index in [9.17, 15) is 0 Å². The Morgan fingerprint density at radius 3 is 2.58 bits per heavy atom. The topological polar surface area (TPSA) is 55.0 Å². The lowest BCUT2D eigenvalue weighted by molar-refractivity contribution is 0.872. The van der Waals surface area contributed by atoms with Gasteiger partial charge in [-0.3, -0.25) is 4.98 Å². The first-order valence-electron chi connectivity index (χ1n) is 6.39. The second-order valence-electron chi connectivity index (χ2n) is 4.78. The van der Waals surface area contributed by atoms with Gasteiger partial charge < -0.3 is 10.6 Å². The molecule has 1 heterocycles. The zero-order valence-corrected chi connectivity index (χ0v) is 11.7. The van der Waals surface area contributed by atoms with Crippen molar-refractivity contribution >= 4 is 5.82 Å². The van der Waals surface area contributed by atoms with Crippen molar-refractivity contribution in [2.24, 2.45) is 5.73 Å². The van der Waals surface area contributed by atoms with E-state index in [1.165, 1.54) is 5.56 Å². The highest BCUT2D eigenvalue weighted by Crippen LogP contribution is 2.14. The molecular formula is C15H20N4. The molecule has 0 aliphatic carbocycles. The SMILES string of the molecule is Cc1ncc(N(C)Cc2cccc(CN)c2)nc1C. The van der Waals surface area contributed by atoms with Crippen LogP contribution in [0, 0.1) is 13.8 Å². The van der Waals surface area contributed by atoms with Gasteiger partial charge in [0.25, 0.3) is 0 Å². The van der Waals surface area contributed by atoms with E-state index in [0.717, 1.165) is 29.3 Å². The predicted octanol–water partition coefficient (Wildman–Crippen LogP) is 2.19. The average Bonchev–Trinajstić information content (AvgIpc) is 2.42. The van der Waals surface area contributed by atoms with Crippen molar-refractivity contribution in [2.45, 2.75) is 26.9 Å². The maximum Gasteiger partial charge on any atom is 0.147 e. The quantitative estimate of drug-likeness (QED) is 0.911. The number of aromatic nitrogens is 2. The molecule has 19 heavy (non-hydrogen) atoms. The van der Waals surface area contributed by atoms with Crippen LogP contribution in [0.15, 0.2) is 30.5 Å². The van der Waals surface area contributed by atoms with Crippen LogP contribution in [0.5, 0.6) is 0 Å². The molecule has 0 unspecified atom stereocenters. The fourth-order valence-corrected chi connectivity index (χ4v) is 1.92. The molecular weight excluding hydrogens is 236 g/mol. The van der Waals surface area contributed by atoms with Crippen molar-refractivity contribution in [3.05, 3.63) is 53.0 Å². The van der Waals surface area contributed by atoms with Gasteiger partial charge in [0.05, 0.1) is 17.6 Å². The van der Waals surface area contributed by atoms with Crippen LogP contribution >= 0.6 is 0 Å². The zero-order chi connectivity index (χ0) is 13.8. The van der Waals surface area contributed by atoms with Crippen LogP contribution < -0.4 is 10.6 Å². The second-order valence-corrected chi connectivity index (χ2v) is 4.78. The third kappa shape index (κ3) is 3.29. The van der Waals surface area contributed by atoms with Gasteiger partial charge >= 0.3 is 0 Å². The molecule has 2 aromatic rings. The average molecular weight is 256 g/mol. The number of aryl methyl sites for hydroxylation is 2. The molecule has 0 saturated carbocycles. The van der Waals surface area contributed by atoms with Gasteiger partial charge in [-0.05, 0) is 25.0 Å². The third-order valence-corrected chi connectivity index (χ3v) is 3.22. The van der Waals surface area contributed by atoms with Gasteiger partial charge in [0.2, 0.25) is 0 Å². The standard InChI is InChI=1S/C15H20N4/c1-11-12(2)18-15(9-17-11)19(3)10-14-6-4-5-13(7-14)8-16/h4-7,9H,8,10,16H2,1-3H3. The first kappa shape index (κ1) is 13.5. The molecule has 0 aliphatic heterocycles. The molecule has 0 aliphatic rings. The van der Waals surface area contributed by atoms with Crippen molar-refractivity contribution < 1.29 is 0 Å². The van der Waals surface area contributed by atoms with E-state index in [4.69, 9.17) is 5.73 Å². The minimum atomic E-state index is 0.570. The van der Waals surface area contributed by atoms with Crippen LogP contribution in [0.3, 0.4) is 0 Å². The fraction of sp³-hybridized carbons (Fsp3) is 0.333. The summed E-state index contributed by atoms with van der Waals surface area (Å²) in [6, 6.07) is 8.31. The molecule has 1 aromatic carbocycles. The second kappa shape index (κ2) is 5.80. The number of hydrogen-bond donors (Lipinski definition) is 1. The Hall–Kier alpha value is -1.94. The Morgan fingerprint density at radius 2 is 1.89 bits per heavy atom. The maximum absolute atomic E-state index is 5.66. The van der Waals surface area contributed by atoms with E-state index in [1.807, 2.05) is 39.2 Å². The molecule has 1 aromatic heterocycles. The summed E-state index contributed by atoms with van der Waals surface area (Å²) in [5.74, 6) is 0.890. The maximum atomic E-state index is 5.66. The monoisotopic (exact) mass is 256 g/mol. The molecule has 4 nitrogen and oxygen atoms in total. The molecule has 0 amide bonds. The van der Waals surface area contributed by atoms with Crippen LogP contribution in [0.1, 0.15) is 22.5 Å².